The number of para-hydroxylation sites is 1. The Kier molecular flexibility index (Phi) is 6.51. The Hall–Kier alpha value is -3.22. The summed E-state index contributed by atoms with van der Waals surface area (Å²) < 4.78 is 30.5. The van der Waals surface area contributed by atoms with Crippen LogP contribution in [0.15, 0.2) is 53.4 Å². The van der Waals surface area contributed by atoms with Gasteiger partial charge in [-0.05, 0) is 37.3 Å². The first kappa shape index (κ1) is 21.1. The summed E-state index contributed by atoms with van der Waals surface area (Å²) in [6.07, 6.45) is -1.16. The van der Waals surface area contributed by atoms with Gasteiger partial charge in [0.1, 0.15) is 6.07 Å². The van der Waals surface area contributed by atoms with Gasteiger partial charge in [-0.3, -0.25) is 4.79 Å². The van der Waals surface area contributed by atoms with E-state index in [0.29, 0.717) is 5.69 Å². The minimum Gasteiger partial charge on any atom is -0.449 e. The van der Waals surface area contributed by atoms with E-state index in [2.05, 4.69) is 5.32 Å². The molecule has 0 aliphatic heterocycles. The number of ether oxygens (including phenoxy) is 1. The van der Waals surface area contributed by atoms with Crippen LogP contribution in [0.3, 0.4) is 0 Å². The van der Waals surface area contributed by atoms with Crippen molar-refractivity contribution in [2.24, 2.45) is 0 Å². The number of nitriles is 1. The first-order chi connectivity index (χ1) is 13.2. The molecule has 1 N–H and O–H groups in total. The Morgan fingerprint density at radius 3 is 2.46 bits per heavy atom. The topological polar surface area (TPSA) is 117 Å². The molecule has 0 heterocycles. The van der Waals surface area contributed by atoms with Crippen LogP contribution in [0.5, 0.6) is 0 Å². The van der Waals surface area contributed by atoms with Crippen LogP contribution in [0.1, 0.15) is 22.8 Å². The Bertz CT molecular complexity index is 1040. The number of benzene rings is 2. The maximum absolute atomic E-state index is 12.3. The van der Waals surface area contributed by atoms with Crippen molar-refractivity contribution >= 4 is 27.6 Å². The fourth-order valence-electron chi connectivity index (χ4n) is 2.20. The van der Waals surface area contributed by atoms with E-state index in [-0.39, 0.29) is 16.0 Å². The molecular formula is C19H19N3O5S. The molecule has 146 valence electrons. The van der Waals surface area contributed by atoms with Crippen LogP contribution in [-0.4, -0.2) is 44.8 Å². The maximum Gasteiger partial charge on any atom is 0.338 e. The minimum absolute atomic E-state index is 0.000000000000000222. The highest BCUT2D eigenvalue weighted by Gasteiger charge is 2.22. The van der Waals surface area contributed by atoms with Crippen molar-refractivity contribution in [3.8, 4) is 6.07 Å². The smallest absolute Gasteiger partial charge is 0.338 e. The van der Waals surface area contributed by atoms with Crippen molar-refractivity contribution in [1.29, 1.82) is 5.26 Å². The monoisotopic (exact) mass is 401 g/mol. The van der Waals surface area contributed by atoms with Crippen LogP contribution in [0, 0.1) is 11.3 Å². The molecule has 0 saturated carbocycles. The zero-order valence-electron chi connectivity index (χ0n) is 15.5. The van der Waals surface area contributed by atoms with Crippen molar-refractivity contribution in [3.05, 3.63) is 59.7 Å². The Morgan fingerprint density at radius 1 is 1.14 bits per heavy atom. The first-order valence-corrected chi connectivity index (χ1v) is 9.64. The summed E-state index contributed by atoms with van der Waals surface area (Å²) in [4.78, 5) is 24.5. The van der Waals surface area contributed by atoms with Gasteiger partial charge in [0.2, 0.25) is 10.0 Å². The van der Waals surface area contributed by atoms with E-state index in [1.165, 1.54) is 45.3 Å². The lowest BCUT2D eigenvalue weighted by molar-refractivity contribution is -0.123. The highest BCUT2D eigenvalue weighted by Crippen LogP contribution is 2.17. The molecule has 0 saturated heterocycles. The Morgan fingerprint density at radius 2 is 1.82 bits per heavy atom. The normalized spacial score (nSPS) is 12.1. The van der Waals surface area contributed by atoms with E-state index in [0.717, 1.165) is 4.31 Å². The maximum atomic E-state index is 12.3. The van der Waals surface area contributed by atoms with E-state index in [4.69, 9.17) is 10.00 Å². The summed E-state index contributed by atoms with van der Waals surface area (Å²) in [6, 6.07) is 13.7. The molecule has 2 aromatic carbocycles. The van der Waals surface area contributed by atoms with Gasteiger partial charge in [-0.25, -0.2) is 17.5 Å². The molecule has 1 atom stereocenters. The second-order valence-electron chi connectivity index (χ2n) is 6.01. The van der Waals surface area contributed by atoms with Gasteiger partial charge in [-0.2, -0.15) is 5.26 Å². The number of sulfonamides is 1. The summed E-state index contributed by atoms with van der Waals surface area (Å²) in [5.74, 6) is -1.46. The van der Waals surface area contributed by atoms with Crippen molar-refractivity contribution in [3.63, 3.8) is 0 Å². The molecule has 2 rings (SSSR count). The van der Waals surface area contributed by atoms with Crippen molar-refractivity contribution in [2.45, 2.75) is 17.9 Å². The number of rotatable bonds is 6. The van der Waals surface area contributed by atoms with Gasteiger partial charge in [0.25, 0.3) is 5.91 Å². The fraction of sp³-hybridized carbons (Fsp3) is 0.211. The van der Waals surface area contributed by atoms with Gasteiger partial charge < -0.3 is 10.1 Å². The van der Waals surface area contributed by atoms with Crippen LogP contribution < -0.4 is 5.32 Å². The summed E-state index contributed by atoms with van der Waals surface area (Å²) in [6.45, 7) is 1.38. The lowest BCUT2D eigenvalue weighted by Crippen LogP contribution is -2.30. The quantitative estimate of drug-likeness (QED) is 0.740. The van der Waals surface area contributed by atoms with Gasteiger partial charge in [-0.15, -0.1) is 0 Å². The predicted octanol–water partition coefficient (Wildman–Crippen LogP) is 1.99. The van der Waals surface area contributed by atoms with Crippen LogP contribution in [0.25, 0.3) is 0 Å². The molecule has 28 heavy (non-hydrogen) atoms. The lowest BCUT2D eigenvalue weighted by Gasteiger charge is -2.15. The van der Waals surface area contributed by atoms with Crippen molar-refractivity contribution < 1.29 is 22.7 Å². The number of esters is 1. The van der Waals surface area contributed by atoms with Gasteiger partial charge in [0, 0.05) is 14.1 Å². The third kappa shape index (κ3) is 4.73. The molecule has 9 heteroatoms. The molecule has 0 fully saturated rings. The molecule has 0 radical (unpaired) electrons. The third-order valence-electron chi connectivity index (χ3n) is 3.81. The van der Waals surface area contributed by atoms with Crippen LogP contribution in [-0.2, 0) is 19.6 Å². The van der Waals surface area contributed by atoms with Crippen molar-refractivity contribution in [2.75, 3.05) is 19.4 Å². The first-order valence-electron chi connectivity index (χ1n) is 8.20. The average molecular weight is 401 g/mol. The van der Waals surface area contributed by atoms with Crippen LogP contribution >= 0.6 is 0 Å². The second kappa shape index (κ2) is 8.65. The number of anilines is 1. The molecule has 0 spiro atoms. The van der Waals surface area contributed by atoms with Gasteiger partial charge in [-0.1, -0.05) is 18.2 Å². The second-order valence-corrected chi connectivity index (χ2v) is 8.16. The highest BCUT2D eigenvalue weighted by atomic mass is 32.2. The molecule has 0 aliphatic carbocycles. The van der Waals surface area contributed by atoms with Crippen molar-refractivity contribution in [1.82, 2.24) is 4.31 Å². The summed E-state index contributed by atoms with van der Waals surface area (Å²) in [5.41, 5.74) is 0.577. The Labute approximate surface area is 163 Å². The summed E-state index contributed by atoms with van der Waals surface area (Å²) in [7, 11) is -0.949. The predicted molar refractivity (Wildman–Crippen MR) is 102 cm³/mol. The summed E-state index contributed by atoms with van der Waals surface area (Å²) >= 11 is 0. The number of carbonyl (C=O) groups is 2. The zero-order valence-corrected chi connectivity index (χ0v) is 16.4. The third-order valence-corrected chi connectivity index (χ3v) is 5.62. The van der Waals surface area contributed by atoms with E-state index >= 15 is 0 Å². The minimum atomic E-state index is -3.71. The number of carbonyl (C=O) groups excluding carboxylic acids is 2. The van der Waals surface area contributed by atoms with E-state index in [1.54, 1.807) is 24.3 Å². The Balaban J connectivity index is 2.12. The molecule has 0 aliphatic rings. The molecule has 0 unspecified atom stereocenters. The highest BCUT2D eigenvalue weighted by molar-refractivity contribution is 7.89. The van der Waals surface area contributed by atoms with E-state index in [9.17, 15) is 18.0 Å². The molecule has 1 amide bonds. The molecular weight excluding hydrogens is 382 g/mol. The van der Waals surface area contributed by atoms with Crippen LogP contribution in [0.2, 0.25) is 0 Å². The average Bonchev–Trinajstić information content (AvgIpc) is 2.68. The number of nitrogens with one attached hydrogen (secondary N) is 1. The SMILES string of the molecule is C[C@@H](OC(=O)c1cccc(S(=O)(=O)N(C)C)c1)C(=O)Nc1ccccc1C#N. The fourth-order valence-corrected chi connectivity index (χ4v) is 3.15. The zero-order chi connectivity index (χ0) is 20.9. The van der Waals surface area contributed by atoms with Gasteiger partial charge >= 0.3 is 5.97 Å². The standard InChI is InChI=1S/C19H19N3O5S/c1-13(18(23)21-17-10-5-4-7-15(17)12-20)27-19(24)14-8-6-9-16(11-14)28(25,26)22(2)3/h4-11,13H,1-3H3,(H,21,23)/t13-/m1/s1. The molecule has 8 nitrogen and oxygen atoms in total. The van der Waals surface area contributed by atoms with E-state index in [1.807, 2.05) is 6.07 Å². The van der Waals surface area contributed by atoms with Gasteiger partial charge in [0.05, 0.1) is 21.7 Å². The van der Waals surface area contributed by atoms with Crippen LogP contribution in [0.4, 0.5) is 5.69 Å². The van der Waals surface area contributed by atoms with E-state index < -0.39 is 28.0 Å². The number of hydrogen-bond acceptors (Lipinski definition) is 6. The number of amides is 1. The number of hydrogen-bond donors (Lipinski definition) is 1. The number of nitrogens with zero attached hydrogens (tertiary/aromatic N) is 2. The lowest BCUT2D eigenvalue weighted by atomic mass is 10.2. The van der Waals surface area contributed by atoms with Gasteiger partial charge in [0.15, 0.2) is 6.10 Å². The molecule has 0 aromatic heterocycles. The summed E-state index contributed by atoms with van der Waals surface area (Å²) in [5, 5.41) is 11.6. The largest absolute Gasteiger partial charge is 0.449 e. The molecule has 2 aromatic rings. The molecule has 0 bridgehead atoms.